The molecule has 37 heavy (non-hydrogen) atoms. The van der Waals surface area contributed by atoms with Crippen molar-refractivity contribution in [3.8, 4) is 0 Å². The van der Waals surface area contributed by atoms with Gasteiger partial charge < -0.3 is 13.9 Å². The van der Waals surface area contributed by atoms with Crippen LogP contribution in [-0.4, -0.2) is 40.2 Å². The van der Waals surface area contributed by atoms with Crippen LogP contribution in [-0.2, 0) is 32.0 Å². The number of fused-ring (bicyclic) bond motifs is 1. The molecule has 9 nitrogen and oxygen atoms in total. The third kappa shape index (κ3) is 5.53. The molecule has 12 heteroatoms. The Labute approximate surface area is 219 Å². The second-order valence-corrected chi connectivity index (χ2v) is 12.9. The zero-order chi connectivity index (χ0) is 27.0. The first-order valence-electron chi connectivity index (χ1n) is 11.2. The molecule has 4 aromatic rings. The molecular formula is C25H24ClNO8S2. The van der Waals surface area contributed by atoms with Crippen molar-refractivity contribution in [3.63, 3.8) is 0 Å². The Balaban J connectivity index is 1.71. The van der Waals surface area contributed by atoms with Crippen molar-refractivity contribution in [2.45, 2.75) is 30.9 Å². The molecule has 2 aromatic heterocycles. The average molecular weight is 566 g/mol. The molecule has 0 aliphatic rings. The summed E-state index contributed by atoms with van der Waals surface area (Å²) in [5, 5.41) is 9.94. The van der Waals surface area contributed by atoms with Crippen LogP contribution in [0.4, 0.5) is 5.69 Å². The first-order chi connectivity index (χ1) is 17.4. The van der Waals surface area contributed by atoms with Crippen molar-refractivity contribution >= 4 is 54.1 Å². The minimum absolute atomic E-state index is 0.00614. The highest BCUT2D eigenvalue weighted by Gasteiger charge is 2.28. The fourth-order valence-electron chi connectivity index (χ4n) is 4.09. The normalized spacial score (nSPS) is 12.2. The lowest BCUT2D eigenvalue weighted by Gasteiger charge is -2.25. The minimum atomic E-state index is -4.17. The fraction of sp³-hybridized carbons (Fsp3) is 0.240. The van der Waals surface area contributed by atoms with E-state index >= 15 is 0 Å². The number of sulfonamides is 1. The van der Waals surface area contributed by atoms with E-state index < -0.39 is 31.6 Å². The maximum Gasteiger partial charge on any atom is 0.372 e. The minimum Gasteiger partial charge on any atom is -0.475 e. The number of benzene rings is 2. The molecule has 0 atom stereocenters. The molecule has 0 saturated heterocycles. The van der Waals surface area contributed by atoms with Crippen molar-refractivity contribution < 1.29 is 35.6 Å². The average Bonchev–Trinajstić information content (AvgIpc) is 3.47. The SMILES string of the molecule is CCN(c1ccc(Cl)cc1CS(=O)(=O)CCc1ccco1)S(=O)(=O)c1ccc2oc(C(=O)O)c(C)c2c1. The number of aryl methyl sites for hydroxylation is 2. The standard InChI is InChI=1S/C25H24ClNO8S2/c1-3-27(37(32,33)20-7-9-23-21(14-20)16(2)24(35-23)25(28)29)22-8-6-18(26)13-17(22)15-36(30,31)12-10-19-5-4-11-34-19/h4-9,11,13-14H,3,10,12,15H2,1-2H3,(H,28,29). The molecule has 4 rings (SSSR count). The van der Waals surface area contributed by atoms with Gasteiger partial charge in [0.2, 0.25) is 5.76 Å². The molecular weight excluding hydrogens is 542 g/mol. The quantitative estimate of drug-likeness (QED) is 0.282. The summed E-state index contributed by atoms with van der Waals surface area (Å²) in [6.07, 6.45) is 1.65. The summed E-state index contributed by atoms with van der Waals surface area (Å²) in [7, 11) is -7.82. The Bertz CT molecular complexity index is 1670. The molecule has 0 saturated carbocycles. The van der Waals surface area contributed by atoms with E-state index in [4.69, 9.17) is 20.4 Å². The van der Waals surface area contributed by atoms with Crippen LogP contribution in [0.25, 0.3) is 11.0 Å². The topological polar surface area (TPSA) is 135 Å². The molecule has 2 heterocycles. The number of furan rings is 2. The number of hydrogen-bond acceptors (Lipinski definition) is 7. The Morgan fingerprint density at radius 1 is 1.08 bits per heavy atom. The largest absolute Gasteiger partial charge is 0.475 e. The number of aromatic carboxylic acids is 1. The van der Waals surface area contributed by atoms with Crippen LogP contribution in [0, 0.1) is 6.92 Å². The van der Waals surface area contributed by atoms with Crippen LogP contribution in [0.15, 0.2) is 68.5 Å². The summed E-state index contributed by atoms with van der Waals surface area (Å²) < 4.78 is 65.0. The second-order valence-electron chi connectivity index (χ2n) is 8.38. The zero-order valence-electron chi connectivity index (χ0n) is 20.0. The van der Waals surface area contributed by atoms with Gasteiger partial charge in [-0.15, -0.1) is 0 Å². The van der Waals surface area contributed by atoms with Crippen LogP contribution in [0.2, 0.25) is 5.02 Å². The number of rotatable bonds is 10. The van der Waals surface area contributed by atoms with E-state index in [0.717, 1.165) is 4.31 Å². The van der Waals surface area contributed by atoms with Gasteiger partial charge in [0, 0.05) is 28.9 Å². The summed E-state index contributed by atoms with van der Waals surface area (Å²) in [6.45, 7) is 3.17. The Morgan fingerprint density at radius 3 is 2.49 bits per heavy atom. The van der Waals surface area contributed by atoms with Crippen molar-refractivity contribution in [3.05, 3.63) is 82.5 Å². The van der Waals surface area contributed by atoms with E-state index in [9.17, 15) is 26.7 Å². The molecule has 2 aromatic carbocycles. The van der Waals surface area contributed by atoms with Gasteiger partial charge in [0.1, 0.15) is 11.3 Å². The number of carbonyl (C=O) groups is 1. The molecule has 0 amide bonds. The molecule has 1 N–H and O–H groups in total. The number of sulfone groups is 1. The predicted octanol–water partition coefficient (Wildman–Crippen LogP) is 5.06. The molecule has 0 aliphatic carbocycles. The summed E-state index contributed by atoms with van der Waals surface area (Å²) in [4.78, 5) is 11.3. The maximum atomic E-state index is 13.7. The van der Waals surface area contributed by atoms with Gasteiger partial charge >= 0.3 is 5.97 Å². The smallest absolute Gasteiger partial charge is 0.372 e. The van der Waals surface area contributed by atoms with E-state index in [1.54, 1.807) is 19.1 Å². The fourth-order valence-corrected chi connectivity index (χ4v) is 7.19. The van der Waals surface area contributed by atoms with Crippen molar-refractivity contribution in [1.29, 1.82) is 0 Å². The molecule has 0 bridgehead atoms. The number of nitrogens with zero attached hydrogens (tertiary/aromatic N) is 1. The highest BCUT2D eigenvalue weighted by molar-refractivity contribution is 7.93. The highest BCUT2D eigenvalue weighted by Crippen LogP contribution is 2.33. The van der Waals surface area contributed by atoms with Gasteiger partial charge in [-0.25, -0.2) is 21.6 Å². The number of hydrogen-bond donors (Lipinski definition) is 1. The summed E-state index contributed by atoms with van der Waals surface area (Å²) in [5.41, 5.74) is 0.971. The molecule has 0 unspecified atom stereocenters. The lowest BCUT2D eigenvalue weighted by molar-refractivity contribution is 0.0664. The lowest BCUT2D eigenvalue weighted by Crippen LogP contribution is -2.32. The number of halogens is 1. The Morgan fingerprint density at radius 2 is 1.84 bits per heavy atom. The first-order valence-corrected chi connectivity index (χ1v) is 14.9. The summed E-state index contributed by atoms with van der Waals surface area (Å²) in [6, 6.07) is 11.9. The Hall–Kier alpha value is -3.28. The number of carboxylic acids is 1. The van der Waals surface area contributed by atoms with E-state index in [0.29, 0.717) is 16.7 Å². The summed E-state index contributed by atoms with van der Waals surface area (Å²) in [5.74, 6) is -1.60. The van der Waals surface area contributed by atoms with Gasteiger partial charge in [-0.2, -0.15) is 0 Å². The van der Waals surface area contributed by atoms with Crippen LogP contribution in [0.5, 0.6) is 0 Å². The van der Waals surface area contributed by atoms with E-state index in [1.165, 1.54) is 49.6 Å². The lowest BCUT2D eigenvalue weighted by atomic mass is 10.1. The van der Waals surface area contributed by atoms with Crippen LogP contribution in [0.1, 0.15) is 34.4 Å². The molecule has 196 valence electrons. The number of carboxylic acid groups (broad SMARTS) is 1. The van der Waals surface area contributed by atoms with Gasteiger partial charge in [0.25, 0.3) is 10.0 Å². The van der Waals surface area contributed by atoms with Crippen molar-refractivity contribution in [2.75, 3.05) is 16.6 Å². The number of anilines is 1. The third-order valence-corrected chi connectivity index (χ3v) is 9.60. The van der Waals surface area contributed by atoms with Gasteiger partial charge in [-0.05, 0) is 67.9 Å². The zero-order valence-corrected chi connectivity index (χ0v) is 22.4. The van der Waals surface area contributed by atoms with Crippen molar-refractivity contribution in [2.24, 2.45) is 0 Å². The van der Waals surface area contributed by atoms with Gasteiger partial charge in [0.05, 0.1) is 28.4 Å². The van der Waals surface area contributed by atoms with Gasteiger partial charge in [-0.3, -0.25) is 4.31 Å². The first kappa shape index (κ1) is 26.8. The molecule has 0 aliphatic heterocycles. The third-order valence-electron chi connectivity index (χ3n) is 5.90. The maximum absolute atomic E-state index is 13.7. The van der Waals surface area contributed by atoms with E-state index in [1.807, 2.05) is 0 Å². The highest BCUT2D eigenvalue weighted by atomic mass is 35.5. The molecule has 0 fully saturated rings. The van der Waals surface area contributed by atoms with Crippen molar-refractivity contribution in [1.82, 2.24) is 0 Å². The van der Waals surface area contributed by atoms with Crippen LogP contribution in [0.3, 0.4) is 0 Å². The Kier molecular flexibility index (Phi) is 7.40. The van der Waals surface area contributed by atoms with E-state index in [-0.39, 0.29) is 51.2 Å². The van der Waals surface area contributed by atoms with Crippen LogP contribution < -0.4 is 4.31 Å². The molecule has 0 radical (unpaired) electrons. The second kappa shape index (κ2) is 10.2. The molecule has 0 spiro atoms. The van der Waals surface area contributed by atoms with E-state index in [2.05, 4.69) is 0 Å². The summed E-state index contributed by atoms with van der Waals surface area (Å²) >= 11 is 6.16. The predicted molar refractivity (Wildman–Crippen MR) is 139 cm³/mol. The monoisotopic (exact) mass is 565 g/mol. The van der Waals surface area contributed by atoms with Crippen LogP contribution >= 0.6 is 11.6 Å². The van der Waals surface area contributed by atoms with Gasteiger partial charge in [0.15, 0.2) is 9.84 Å². The van der Waals surface area contributed by atoms with Gasteiger partial charge in [-0.1, -0.05) is 11.6 Å².